The maximum Gasteiger partial charge on any atom is 0.415 e. The number of carbonyl (C=O) groups is 3. The zero-order valence-electron chi connectivity index (χ0n) is 23.4. The number of nitrogens with one attached hydrogen (secondary N) is 1. The summed E-state index contributed by atoms with van der Waals surface area (Å²) < 4.78 is 33.2. The number of halogens is 1. The van der Waals surface area contributed by atoms with E-state index in [-0.39, 0.29) is 30.1 Å². The van der Waals surface area contributed by atoms with Gasteiger partial charge in [0.15, 0.2) is 5.82 Å². The van der Waals surface area contributed by atoms with Crippen LogP contribution in [0.2, 0.25) is 0 Å². The highest BCUT2D eigenvalue weighted by molar-refractivity contribution is 6.11. The van der Waals surface area contributed by atoms with E-state index < -0.39 is 35.1 Å². The number of anilines is 2. The number of ether oxygens (including phenoxy) is 3. The number of nitrogens with zero attached hydrogens (tertiary/aromatic N) is 3. The summed E-state index contributed by atoms with van der Waals surface area (Å²) in [5, 5.41) is 2.67. The van der Waals surface area contributed by atoms with E-state index in [1.54, 1.807) is 38.7 Å². The summed E-state index contributed by atoms with van der Waals surface area (Å²) in [5.74, 6) is -0.779. The minimum atomic E-state index is -0.839. The Hall–Kier alpha value is -3.08. The van der Waals surface area contributed by atoms with Gasteiger partial charge in [0.1, 0.15) is 28.7 Å². The predicted molar refractivity (Wildman–Crippen MR) is 140 cm³/mol. The first-order valence-electron chi connectivity index (χ1n) is 13.2. The minimum absolute atomic E-state index is 0.0443. The number of piperazine rings is 1. The molecule has 1 aromatic carbocycles. The lowest BCUT2D eigenvalue weighted by atomic mass is 10.0. The van der Waals surface area contributed by atoms with Gasteiger partial charge >= 0.3 is 12.2 Å². The van der Waals surface area contributed by atoms with Gasteiger partial charge in [-0.3, -0.25) is 14.6 Å². The maximum absolute atomic E-state index is 16.1. The molecule has 3 amide bonds. The highest BCUT2D eigenvalue weighted by Crippen LogP contribution is 2.43. The lowest BCUT2D eigenvalue weighted by Crippen LogP contribution is -2.56. The summed E-state index contributed by atoms with van der Waals surface area (Å²) in [4.78, 5) is 43.7. The van der Waals surface area contributed by atoms with E-state index >= 15 is 4.39 Å². The van der Waals surface area contributed by atoms with Crippen molar-refractivity contribution in [3.05, 3.63) is 17.4 Å². The molecule has 10 nitrogen and oxygen atoms in total. The number of hydrogen-bond donors (Lipinski definition) is 1. The molecule has 11 heteroatoms. The Morgan fingerprint density at radius 1 is 1.11 bits per heavy atom. The molecule has 3 aliphatic heterocycles. The second kappa shape index (κ2) is 10.2. The SMILES string of the molecule is CCC1C(=O)Nc2c(cc3c(c2F)CN2CCN(C(=O)OC(C)(C)C)C[C@@H]2CCO3)N1C(=O)OC(C)(C)C. The number of benzene rings is 1. The molecule has 1 unspecified atom stereocenters. The topological polar surface area (TPSA) is 101 Å². The van der Waals surface area contributed by atoms with Gasteiger partial charge in [-0.15, -0.1) is 0 Å². The third kappa shape index (κ3) is 5.82. The summed E-state index contributed by atoms with van der Waals surface area (Å²) >= 11 is 0. The van der Waals surface area contributed by atoms with Crippen molar-refractivity contribution in [3.63, 3.8) is 0 Å². The molecule has 1 fully saturated rings. The first-order valence-corrected chi connectivity index (χ1v) is 13.2. The third-order valence-corrected chi connectivity index (χ3v) is 6.73. The van der Waals surface area contributed by atoms with Crippen molar-refractivity contribution in [1.29, 1.82) is 0 Å². The number of fused-ring (bicyclic) bond motifs is 3. The van der Waals surface area contributed by atoms with E-state index in [4.69, 9.17) is 14.2 Å². The van der Waals surface area contributed by atoms with Crippen molar-refractivity contribution in [2.24, 2.45) is 0 Å². The van der Waals surface area contributed by atoms with Gasteiger partial charge in [-0.1, -0.05) is 6.92 Å². The number of hydrogen-bond acceptors (Lipinski definition) is 7. The van der Waals surface area contributed by atoms with Crippen LogP contribution in [0.1, 0.15) is 66.9 Å². The Morgan fingerprint density at radius 2 is 1.76 bits per heavy atom. The molecule has 3 heterocycles. The molecule has 3 aliphatic rings. The Balaban J connectivity index is 1.64. The molecule has 0 radical (unpaired) electrons. The third-order valence-electron chi connectivity index (χ3n) is 6.73. The van der Waals surface area contributed by atoms with Crippen molar-refractivity contribution < 1.29 is 33.0 Å². The summed E-state index contributed by atoms with van der Waals surface area (Å²) in [7, 11) is 0. The van der Waals surface area contributed by atoms with Gasteiger partial charge in [0.2, 0.25) is 5.91 Å². The van der Waals surface area contributed by atoms with Gasteiger partial charge in [0, 0.05) is 43.9 Å². The highest BCUT2D eigenvalue weighted by atomic mass is 19.1. The van der Waals surface area contributed by atoms with Crippen LogP contribution in [-0.2, 0) is 20.8 Å². The molecule has 0 saturated carbocycles. The Bertz CT molecular complexity index is 1110. The Labute approximate surface area is 223 Å². The van der Waals surface area contributed by atoms with Crippen molar-refractivity contribution in [2.75, 3.05) is 36.5 Å². The fourth-order valence-electron chi connectivity index (χ4n) is 5.01. The Morgan fingerprint density at radius 3 is 2.39 bits per heavy atom. The van der Waals surface area contributed by atoms with E-state index in [0.717, 1.165) is 0 Å². The monoisotopic (exact) mass is 534 g/mol. The quantitative estimate of drug-likeness (QED) is 0.566. The molecule has 4 rings (SSSR count). The van der Waals surface area contributed by atoms with Crippen LogP contribution >= 0.6 is 0 Å². The summed E-state index contributed by atoms with van der Waals surface area (Å²) in [6.45, 7) is 14.4. The molecule has 1 aromatic rings. The smallest absolute Gasteiger partial charge is 0.415 e. The van der Waals surface area contributed by atoms with Gasteiger partial charge in [0.25, 0.3) is 0 Å². The number of rotatable bonds is 1. The molecule has 0 bridgehead atoms. The van der Waals surface area contributed by atoms with Crippen LogP contribution in [0.25, 0.3) is 0 Å². The number of carbonyl (C=O) groups excluding carboxylic acids is 3. The van der Waals surface area contributed by atoms with E-state index in [2.05, 4.69) is 10.2 Å². The van der Waals surface area contributed by atoms with Crippen molar-refractivity contribution in [1.82, 2.24) is 9.80 Å². The predicted octanol–water partition coefficient (Wildman–Crippen LogP) is 4.50. The second-order valence-electron chi connectivity index (χ2n) is 12.0. The van der Waals surface area contributed by atoms with Gasteiger partial charge in [-0.25, -0.2) is 14.0 Å². The van der Waals surface area contributed by atoms with E-state index in [1.807, 2.05) is 20.8 Å². The molecular weight excluding hydrogens is 495 g/mol. The lowest BCUT2D eigenvalue weighted by Gasteiger charge is -2.43. The molecule has 1 N–H and O–H groups in total. The molecule has 38 heavy (non-hydrogen) atoms. The van der Waals surface area contributed by atoms with Crippen molar-refractivity contribution in [3.8, 4) is 5.75 Å². The summed E-state index contributed by atoms with van der Waals surface area (Å²) in [6, 6.07) is 0.739. The standard InChI is InChI=1S/C27H39FN4O6/c1-8-18-23(33)29-22-19(32(18)25(35)38-27(5,6)7)13-20-17(21(22)28)15-30-10-11-31(14-16(30)9-12-36-20)24(34)37-26(2,3)4/h13,16,18H,8-12,14-15H2,1-7H3,(H,29,33)/t16-,18?/m0/s1. The maximum atomic E-state index is 16.1. The normalized spacial score (nSPS) is 22.2. The van der Waals surface area contributed by atoms with Crippen LogP contribution in [0.4, 0.5) is 25.4 Å². The van der Waals surface area contributed by atoms with Gasteiger partial charge < -0.3 is 24.4 Å². The Kier molecular flexibility index (Phi) is 7.53. The van der Waals surface area contributed by atoms with Crippen LogP contribution in [0, 0.1) is 5.82 Å². The molecule has 1 saturated heterocycles. The molecule has 0 aliphatic carbocycles. The van der Waals surface area contributed by atoms with Crippen LogP contribution in [0.5, 0.6) is 5.75 Å². The van der Waals surface area contributed by atoms with Gasteiger partial charge in [-0.2, -0.15) is 0 Å². The second-order valence-corrected chi connectivity index (χ2v) is 12.0. The zero-order valence-corrected chi connectivity index (χ0v) is 23.4. The van der Waals surface area contributed by atoms with E-state index in [1.165, 1.54) is 4.90 Å². The van der Waals surface area contributed by atoms with Crippen LogP contribution in [0.15, 0.2) is 6.07 Å². The lowest BCUT2D eigenvalue weighted by molar-refractivity contribution is -0.117. The largest absolute Gasteiger partial charge is 0.493 e. The first-order chi connectivity index (χ1) is 17.7. The van der Waals surface area contributed by atoms with E-state index in [0.29, 0.717) is 50.4 Å². The average molecular weight is 535 g/mol. The molecule has 2 atom stereocenters. The van der Waals surface area contributed by atoms with E-state index in [9.17, 15) is 14.4 Å². The van der Waals surface area contributed by atoms with Crippen molar-refractivity contribution in [2.45, 2.75) is 91.1 Å². The minimum Gasteiger partial charge on any atom is -0.493 e. The van der Waals surface area contributed by atoms with Gasteiger partial charge in [0.05, 0.1) is 12.3 Å². The molecule has 210 valence electrons. The summed E-state index contributed by atoms with van der Waals surface area (Å²) in [5.41, 5.74) is -0.920. The zero-order chi connectivity index (χ0) is 28.0. The van der Waals surface area contributed by atoms with Crippen LogP contribution in [-0.4, -0.2) is 77.4 Å². The van der Waals surface area contributed by atoms with Gasteiger partial charge in [-0.05, 0) is 54.4 Å². The van der Waals surface area contributed by atoms with Crippen LogP contribution in [0.3, 0.4) is 0 Å². The van der Waals surface area contributed by atoms with Crippen LogP contribution < -0.4 is 15.0 Å². The molecular formula is C27H39FN4O6. The number of amides is 3. The average Bonchev–Trinajstić information content (AvgIpc) is 2.77. The molecule has 0 spiro atoms. The fraction of sp³-hybridized carbons (Fsp3) is 0.667. The molecule has 0 aromatic heterocycles. The summed E-state index contributed by atoms with van der Waals surface area (Å²) in [6.07, 6.45) is -0.130. The first kappa shape index (κ1) is 27.9. The fourth-order valence-corrected chi connectivity index (χ4v) is 5.01. The van der Waals surface area contributed by atoms with Crippen molar-refractivity contribution >= 4 is 29.5 Å². The highest BCUT2D eigenvalue weighted by Gasteiger charge is 2.42.